The van der Waals surface area contributed by atoms with Crippen LogP contribution in [0.5, 0.6) is 0 Å². The Morgan fingerprint density at radius 1 is 0.875 bits per heavy atom. The first-order valence-corrected chi connectivity index (χ1v) is 19.2. The van der Waals surface area contributed by atoms with Gasteiger partial charge in [0.1, 0.15) is 11.9 Å². The lowest BCUT2D eigenvalue weighted by atomic mass is 9.93. The van der Waals surface area contributed by atoms with Gasteiger partial charge in [0, 0.05) is 52.3 Å². The third kappa shape index (κ3) is 6.63. The second-order valence-corrected chi connectivity index (χ2v) is 15.8. The summed E-state index contributed by atoms with van der Waals surface area (Å²) >= 11 is 0. The van der Waals surface area contributed by atoms with E-state index in [1.165, 1.54) is 24.7 Å². The monoisotopic (exact) mass is 790 g/mol. The highest BCUT2D eigenvalue weighted by atomic mass is 32.2. The molecule has 0 bridgehead atoms. The summed E-state index contributed by atoms with van der Waals surface area (Å²) in [6.07, 6.45) is -3.25. The molecule has 3 aromatic carbocycles. The topological polar surface area (TPSA) is 158 Å². The fourth-order valence-electron chi connectivity index (χ4n) is 7.58. The Morgan fingerprint density at radius 3 is 2.32 bits per heavy atom. The summed E-state index contributed by atoms with van der Waals surface area (Å²) in [6.45, 7) is -0.717. The minimum atomic E-state index is -4.78. The molecule has 0 aliphatic carbocycles. The van der Waals surface area contributed by atoms with E-state index in [2.05, 4.69) is 4.98 Å². The fourth-order valence-corrected chi connectivity index (χ4v) is 9.50. The van der Waals surface area contributed by atoms with Crippen LogP contribution in [0.25, 0.3) is 33.1 Å². The van der Waals surface area contributed by atoms with E-state index >= 15 is 0 Å². The molecule has 6 aromatic rings. The van der Waals surface area contributed by atoms with Crippen LogP contribution in [0.2, 0.25) is 0 Å². The summed E-state index contributed by atoms with van der Waals surface area (Å²) < 4.78 is 77.0. The maximum atomic E-state index is 14.6. The van der Waals surface area contributed by atoms with Gasteiger partial charge in [-0.15, -0.1) is 0 Å². The normalized spacial score (nSPS) is 15.7. The summed E-state index contributed by atoms with van der Waals surface area (Å²) in [4.78, 5) is 56.3. The number of carboxylic acids is 1. The molecular formula is C39H37F3N6O7S. The van der Waals surface area contributed by atoms with E-state index < -0.39 is 62.2 Å². The predicted octanol–water partition coefficient (Wildman–Crippen LogP) is 4.61. The number of benzene rings is 3. The number of hydrogen-bond acceptors (Lipinski definition) is 7. The van der Waals surface area contributed by atoms with Crippen LogP contribution in [-0.2, 0) is 55.0 Å². The Balaban J connectivity index is 1.26. The van der Waals surface area contributed by atoms with Crippen molar-refractivity contribution in [2.24, 2.45) is 21.1 Å². The molecule has 56 heavy (non-hydrogen) atoms. The number of pyridine rings is 1. The van der Waals surface area contributed by atoms with Crippen molar-refractivity contribution in [3.05, 3.63) is 127 Å². The van der Waals surface area contributed by atoms with Crippen molar-refractivity contribution in [2.45, 2.75) is 49.3 Å². The smallest absolute Gasteiger partial charge is 0.416 e. The molecule has 1 aliphatic rings. The zero-order chi connectivity index (χ0) is 40.3. The number of fused-ring (bicyclic) bond motifs is 3. The Morgan fingerprint density at radius 2 is 1.59 bits per heavy atom. The quantitative estimate of drug-likeness (QED) is 0.197. The predicted molar refractivity (Wildman–Crippen MR) is 202 cm³/mol. The first kappa shape index (κ1) is 38.5. The van der Waals surface area contributed by atoms with Gasteiger partial charge in [-0.1, -0.05) is 61.0 Å². The summed E-state index contributed by atoms with van der Waals surface area (Å²) in [7, 11) is -0.112. The molecule has 0 spiro atoms. The van der Waals surface area contributed by atoms with Crippen molar-refractivity contribution < 1.29 is 31.5 Å². The second-order valence-electron chi connectivity index (χ2n) is 13.9. The first-order valence-electron chi connectivity index (χ1n) is 17.8. The van der Waals surface area contributed by atoms with Crippen molar-refractivity contribution in [1.82, 2.24) is 27.6 Å². The molecule has 0 amide bonds. The van der Waals surface area contributed by atoms with Gasteiger partial charge >= 0.3 is 17.8 Å². The number of nitrogens with zero attached hydrogens (tertiary/aromatic N) is 6. The van der Waals surface area contributed by atoms with E-state index in [1.807, 2.05) is 30.3 Å². The second kappa shape index (κ2) is 14.4. The van der Waals surface area contributed by atoms with Gasteiger partial charge in [-0.3, -0.25) is 23.3 Å². The van der Waals surface area contributed by atoms with Crippen molar-refractivity contribution in [2.75, 3.05) is 13.1 Å². The number of aromatic nitrogens is 5. The number of sulfonamides is 1. The SMILES string of the molecule is Cn1c(=O)c2c(nc(CCCCCN3CC(C(=O)O)n4c(c(-c5cccc(C(F)(F)F)c5)c(Cc5cccc6ccccc56)cc4=O)S3(=O)=O)n2C)n(C)c1=O. The molecule has 0 saturated heterocycles. The maximum absolute atomic E-state index is 14.6. The number of imidazole rings is 1. The molecule has 1 atom stereocenters. The van der Waals surface area contributed by atoms with E-state index in [-0.39, 0.29) is 47.2 Å². The molecule has 0 saturated carbocycles. The highest BCUT2D eigenvalue weighted by molar-refractivity contribution is 7.89. The zero-order valence-electron chi connectivity index (χ0n) is 30.6. The highest BCUT2D eigenvalue weighted by Crippen LogP contribution is 2.40. The molecule has 1 aliphatic heterocycles. The van der Waals surface area contributed by atoms with E-state index in [4.69, 9.17) is 0 Å². The first-order chi connectivity index (χ1) is 26.5. The molecule has 3 aromatic heterocycles. The van der Waals surface area contributed by atoms with Crippen LogP contribution in [-0.4, -0.2) is 60.1 Å². The Labute approximate surface area is 317 Å². The van der Waals surface area contributed by atoms with Crippen LogP contribution >= 0.6 is 0 Å². The standard InChI is InChI=1S/C39H37F3N6O7S/c1-44-30(43-34-33(44)35(50)46(3)38(53)45(34)2)17-5-4-8-18-47-22-29(37(51)52)48-31(49)21-26(19-24-13-9-12-23-11-6-7-16-28(23)24)32(36(48)56(47,54)55)25-14-10-15-27(20-25)39(40,41)42/h6-7,9-16,20-21,29H,4-5,8,17-19,22H2,1-3H3,(H,51,52). The number of halogens is 3. The van der Waals surface area contributed by atoms with E-state index in [0.717, 1.165) is 43.9 Å². The Kier molecular flexibility index (Phi) is 9.86. The fraction of sp³-hybridized carbons (Fsp3) is 0.308. The van der Waals surface area contributed by atoms with Gasteiger partial charge in [0.05, 0.1) is 5.56 Å². The van der Waals surface area contributed by atoms with Crippen molar-refractivity contribution in [1.29, 1.82) is 0 Å². The maximum Gasteiger partial charge on any atom is 0.416 e. The van der Waals surface area contributed by atoms with Crippen LogP contribution in [0.1, 0.15) is 47.8 Å². The lowest BCUT2D eigenvalue weighted by molar-refractivity contribution is -0.141. The lowest BCUT2D eigenvalue weighted by Gasteiger charge is -2.35. The molecule has 7 rings (SSSR count). The molecular weight excluding hydrogens is 754 g/mol. The number of unbranched alkanes of at least 4 members (excludes halogenated alkanes) is 2. The third-order valence-electron chi connectivity index (χ3n) is 10.5. The molecule has 0 fully saturated rings. The number of aliphatic carboxylic acids is 1. The number of hydrogen-bond donors (Lipinski definition) is 1. The molecule has 13 nitrogen and oxygen atoms in total. The van der Waals surface area contributed by atoms with Crippen molar-refractivity contribution >= 4 is 37.9 Å². The number of carboxylic acid groups (broad SMARTS) is 1. The zero-order valence-corrected chi connectivity index (χ0v) is 31.4. The van der Waals surface area contributed by atoms with Crippen LogP contribution in [0.3, 0.4) is 0 Å². The van der Waals surface area contributed by atoms with Gasteiger partial charge < -0.3 is 9.67 Å². The van der Waals surface area contributed by atoms with Gasteiger partial charge in [0.25, 0.3) is 21.1 Å². The number of carbonyl (C=O) groups is 1. The van der Waals surface area contributed by atoms with Crippen LogP contribution in [0.15, 0.2) is 92.2 Å². The Bertz CT molecular complexity index is 2850. The molecule has 292 valence electrons. The summed E-state index contributed by atoms with van der Waals surface area (Å²) in [5.74, 6) is -0.944. The molecule has 1 N–H and O–H groups in total. The van der Waals surface area contributed by atoms with E-state index in [1.54, 1.807) is 23.7 Å². The van der Waals surface area contributed by atoms with Gasteiger partial charge in [-0.05, 0) is 58.9 Å². The van der Waals surface area contributed by atoms with Crippen molar-refractivity contribution in [3.63, 3.8) is 0 Å². The number of aryl methyl sites for hydroxylation is 3. The number of alkyl halides is 3. The molecule has 0 radical (unpaired) electrons. The largest absolute Gasteiger partial charge is 0.480 e. The van der Waals surface area contributed by atoms with Gasteiger partial charge in [0.2, 0.25) is 0 Å². The average Bonchev–Trinajstić information content (AvgIpc) is 3.49. The molecule has 4 heterocycles. The van der Waals surface area contributed by atoms with Gasteiger partial charge in [-0.2, -0.15) is 17.5 Å². The van der Waals surface area contributed by atoms with Crippen molar-refractivity contribution in [3.8, 4) is 11.1 Å². The minimum absolute atomic E-state index is 0.0360. The third-order valence-corrected chi connectivity index (χ3v) is 12.4. The van der Waals surface area contributed by atoms with Crippen LogP contribution in [0, 0.1) is 0 Å². The van der Waals surface area contributed by atoms with Gasteiger partial charge in [0.15, 0.2) is 16.2 Å². The van der Waals surface area contributed by atoms with Crippen LogP contribution < -0.4 is 16.8 Å². The van der Waals surface area contributed by atoms with E-state index in [9.17, 15) is 45.9 Å². The van der Waals surface area contributed by atoms with Crippen LogP contribution in [0.4, 0.5) is 13.2 Å². The van der Waals surface area contributed by atoms with Gasteiger partial charge in [-0.25, -0.2) is 23.0 Å². The average molecular weight is 791 g/mol. The highest BCUT2D eigenvalue weighted by Gasteiger charge is 2.43. The number of rotatable bonds is 10. The molecule has 1 unspecified atom stereocenters. The summed E-state index contributed by atoms with van der Waals surface area (Å²) in [5, 5.41) is 11.3. The van der Waals surface area contributed by atoms with E-state index in [0.29, 0.717) is 35.2 Å². The Hall–Kier alpha value is -5.81. The summed E-state index contributed by atoms with van der Waals surface area (Å²) in [6, 6.07) is 16.4. The molecule has 17 heteroatoms. The summed E-state index contributed by atoms with van der Waals surface area (Å²) in [5.41, 5.74) is -1.97. The lowest BCUT2D eigenvalue weighted by Crippen LogP contribution is -2.50. The minimum Gasteiger partial charge on any atom is -0.480 e.